The molecular formula is C27H24N2O4S. The Morgan fingerprint density at radius 2 is 1.62 bits per heavy atom. The van der Waals surface area contributed by atoms with Crippen LogP contribution >= 0.6 is 0 Å². The van der Waals surface area contributed by atoms with Gasteiger partial charge in [-0.3, -0.25) is 4.79 Å². The third-order valence-electron chi connectivity index (χ3n) is 5.95. The first-order chi connectivity index (χ1) is 16.4. The Hall–Kier alpha value is -3.68. The fourth-order valence-corrected chi connectivity index (χ4v) is 5.41. The zero-order chi connectivity index (χ0) is 23.7. The minimum Gasteiger partial charge on any atom is -0.508 e. The number of hydrogen-bond acceptors (Lipinski definition) is 4. The maximum atomic E-state index is 13.4. The molecule has 172 valence electrons. The Morgan fingerprint density at radius 1 is 0.882 bits per heavy atom. The number of carbonyl (C=O) groups is 1. The molecule has 1 saturated carbocycles. The zero-order valence-corrected chi connectivity index (χ0v) is 19.1. The Balaban J connectivity index is 1.54. The largest absolute Gasteiger partial charge is 0.508 e. The first-order valence-electron chi connectivity index (χ1n) is 11.1. The molecule has 34 heavy (non-hydrogen) atoms. The Bertz CT molecular complexity index is 1460. The van der Waals surface area contributed by atoms with Crippen LogP contribution in [-0.4, -0.2) is 25.5 Å². The third kappa shape index (κ3) is 4.53. The van der Waals surface area contributed by atoms with Crippen LogP contribution in [0, 0.1) is 0 Å². The number of aromatic hydroxyl groups is 1. The number of benzene rings is 4. The molecule has 1 aliphatic rings. The molecule has 0 heterocycles. The van der Waals surface area contributed by atoms with Crippen LogP contribution in [0.25, 0.3) is 10.8 Å². The van der Waals surface area contributed by atoms with Gasteiger partial charge in [0.05, 0.1) is 10.9 Å². The van der Waals surface area contributed by atoms with E-state index in [4.69, 9.17) is 0 Å². The van der Waals surface area contributed by atoms with E-state index in [1.807, 2.05) is 60.7 Å². The molecule has 3 N–H and O–H groups in total. The first kappa shape index (κ1) is 22.1. The molecule has 1 fully saturated rings. The normalized spacial score (nSPS) is 14.6. The predicted octanol–water partition coefficient (Wildman–Crippen LogP) is 4.51. The topological polar surface area (TPSA) is 95.5 Å². The number of phenols is 1. The molecule has 0 aromatic heterocycles. The fourth-order valence-electron chi connectivity index (χ4n) is 4.06. The van der Waals surface area contributed by atoms with Crippen LogP contribution in [0.1, 0.15) is 40.4 Å². The van der Waals surface area contributed by atoms with Crippen molar-refractivity contribution in [1.29, 1.82) is 0 Å². The molecule has 4 aromatic carbocycles. The summed E-state index contributed by atoms with van der Waals surface area (Å²) in [6, 6.07) is 25.8. The average Bonchev–Trinajstić information content (AvgIpc) is 3.67. The van der Waals surface area contributed by atoms with Crippen LogP contribution in [0.5, 0.6) is 5.75 Å². The first-order valence-corrected chi connectivity index (χ1v) is 12.6. The molecule has 1 atom stereocenters. The van der Waals surface area contributed by atoms with E-state index in [2.05, 4.69) is 10.0 Å². The molecule has 1 aliphatic carbocycles. The van der Waals surface area contributed by atoms with Gasteiger partial charge in [0.2, 0.25) is 10.0 Å². The molecule has 0 saturated heterocycles. The van der Waals surface area contributed by atoms with Crippen LogP contribution in [0.4, 0.5) is 0 Å². The Kier molecular flexibility index (Phi) is 5.81. The summed E-state index contributed by atoms with van der Waals surface area (Å²) in [5.74, 6) is -0.373. The lowest BCUT2D eigenvalue weighted by atomic mass is 9.92. The lowest BCUT2D eigenvalue weighted by Crippen LogP contribution is -2.30. The molecule has 5 rings (SSSR count). The van der Waals surface area contributed by atoms with Crippen molar-refractivity contribution < 1.29 is 18.3 Å². The highest BCUT2D eigenvalue weighted by Gasteiger charge is 2.29. The predicted molar refractivity (Wildman–Crippen MR) is 131 cm³/mol. The second kappa shape index (κ2) is 8.93. The molecule has 7 heteroatoms. The molecule has 6 nitrogen and oxygen atoms in total. The number of fused-ring (bicyclic) bond motifs is 1. The minimum absolute atomic E-state index is 0.0284. The van der Waals surface area contributed by atoms with Gasteiger partial charge >= 0.3 is 0 Å². The van der Waals surface area contributed by atoms with Gasteiger partial charge in [-0.2, -0.15) is 0 Å². The van der Waals surface area contributed by atoms with Crippen LogP contribution in [0.15, 0.2) is 95.9 Å². The summed E-state index contributed by atoms with van der Waals surface area (Å²) >= 11 is 0. The fraction of sp³-hybridized carbons (Fsp3) is 0.148. The third-order valence-corrected chi connectivity index (χ3v) is 7.47. The van der Waals surface area contributed by atoms with E-state index in [0.29, 0.717) is 5.56 Å². The van der Waals surface area contributed by atoms with Gasteiger partial charge in [0, 0.05) is 17.2 Å². The van der Waals surface area contributed by atoms with Gasteiger partial charge in [-0.05, 0) is 53.4 Å². The summed E-state index contributed by atoms with van der Waals surface area (Å²) in [7, 11) is -3.69. The highest BCUT2D eigenvalue weighted by atomic mass is 32.2. The lowest BCUT2D eigenvalue weighted by Gasteiger charge is -2.23. The standard InChI is InChI=1S/C27H24N2O4S/c30-24-16-13-18-7-4-5-12-23(18)25(24)26(19-8-2-1-3-9-19)28-27(31)20-10-6-11-22(17-20)34(32,33)29-21-14-15-21/h1-13,16-17,21,26,29-30H,14-15H2,(H,28,31). The smallest absolute Gasteiger partial charge is 0.252 e. The van der Waals surface area contributed by atoms with Gasteiger partial charge in [0.25, 0.3) is 5.91 Å². The van der Waals surface area contributed by atoms with Crippen molar-refractivity contribution >= 4 is 26.7 Å². The van der Waals surface area contributed by atoms with E-state index in [9.17, 15) is 18.3 Å². The van der Waals surface area contributed by atoms with Crippen LogP contribution in [0.2, 0.25) is 0 Å². The van der Waals surface area contributed by atoms with E-state index in [-0.39, 0.29) is 22.3 Å². The molecule has 4 aromatic rings. The van der Waals surface area contributed by atoms with Crippen LogP contribution in [0.3, 0.4) is 0 Å². The lowest BCUT2D eigenvalue weighted by molar-refractivity contribution is 0.0942. The molecular weight excluding hydrogens is 448 g/mol. The van der Waals surface area contributed by atoms with Gasteiger partial charge in [0.1, 0.15) is 5.75 Å². The number of sulfonamides is 1. The van der Waals surface area contributed by atoms with Crippen molar-refractivity contribution in [1.82, 2.24) is 10.0 Å². The number of amides is 1. The zero-order valence-electron chi connectivity index (χ0n) is 18.3. The Morgan fingerprint density at radius 3 is 2.38 bits per heavy atom. The van der Waals surface area contributed by atoms with Crippen molar-refractivity contribution in [3.8, 4) is 5.75 Å². The maximum Gasteiger partial charge on any atom is 0.252 e. The summed E-state index contributed by atoms with van der Waals surface area (Å²) < 4.78 is 27.9. The quantitative estimate of drug-likeness (QED) is 0.369. The summed E-state index contributed by atoms with van der Waals surface area (Å²) in [6.07, 6.45) is 1.65. The van der Waals surface area contributed by atoms with Gasteiger partial charge in [-0.15, -0.1) is 0 Å². The molecule has 0 aliphatic heterocycles. The molecule has 1 amide bonds. The number of rotatable bonds is 7. The molecule has 0 spiro atoms. The number of hydrogen-bond donors (Lipinski definition) is 3. The average molecular weight is 473 g/mol. The number of nitrogens with one attached hydrogen (secondary N) is 2. The molecule has 0 radical (unpaired) electrons. The van der Waals surface area contributed by atoms with Gasteiger partial charge in [-0.1, -0.05) is 66.7 Å². The number of carbonyl (C=O) groups excluding carboxylic acids is 1. The van der Waals surface area contributed by atoms with E-state index in [0.717, 1.165) is 29.2 Å². The molecule has 0 bridgehead atoms. The Labute approximate surface area is 198 Å². The second-order valence-electron chi connectivity index (χ2n) is 8.46. The summed E-state index contributed by atoms with van der Waals surface area (Å²) in [4.78, 5) is 13.4. The van der Waals surface area contributed by atoms with Crippen LogP contribution < -0.4 is 10.0 Å². The van der Waals surface area contributed by atoms with Crippen LogP contribution in [-0.2, 0) is 10.0 Å². The van der Waals surface area contributed by atoms with Gasteiger partial charge in [-0.25, -0.2) is 13.1 Å². The van der Waals surface area contributed by atoms with E-state index < -0.39 is 22.0 Å². The monoisotopic (exact) mass is 472 g/mol. The minimum atomic E-state index is -3.69. The van der Waals surface area contributed by atoms with Crippen molar-refractivity contribution in [3.05, 3.63) is 108 Å². The second-order valence-corrected chi connectivity index (χ2v) is 10.2. The van der Waals surface area contributed by atoms with E-state index in [1.165, 1.54) is 12.1 Å². The van der Waals surface area contributed by atoms with Crippen molar-refractivity contribution in [2.75, 3.05) is 0 Å². The van der Waals surface area contributed by atoms with Crippen molar-refractivity contribution in [2.45, 2.75) is 29.8 Å². The van der Waals surface area contributed by atoms with E-state index >= 15 is 0 Å². The van der Waals surface area contributed by atoms with E-state index in [1.54, 1.807) is 18.2 Å². The summed E-state index contributed by atoms with van der Waals surface area (Å²) in [6.45, 7) is 0. The van der Waals surface area contributed by atoms with Gasteiger partial charge < -0.3 is 10.4 Å². The van der Waals surface area contributed by atoms with Crippen molar-refractivity contribution in [2.24, 2.45) is 0 Å². The maximum absolute atomic E-state index is 13.4. The van der Waals surface area contributed by atoms with Crippen molar-refractivity contribution in [3.63, 3.8) is 0 Å². The number of phenolic OH excluding ortho intramolecular Hbond substituents is 1. The highest BCUT2D eigenvalue weighted by molar-refractivity contribution is 7.89. The highest BCUT2D eigenvalue weighted by Crippen LogP contribution is 2.36. The summed E-state index contributed by atoms with van der Waals surface area (Å²) in [5, 5.41) is 15.6. The van der Waals surface area contributed by atoms with Gasteiger partial charge in [0.15, 0.2) is 0 Å². The molecule has 1 unspecified atom stereocenters. The SMILES string of the molecule is O=C(NC(c1ccccc1)c1c(O)ccc2ccccc12)c1cccc(S(=O)(=O)NC2CC2)c1. The summed E-state index contributed by atoms with van der Waals surface area (Å²) in [5.41, 5.74) is 1.60.